The highest BCUT2D eigenvalue weighted by Crippen LogP contribution is 2.44. The molecule has 0 unspecified atom stereocenters. The number of phenolic OH excluding ortho intramolecular Hbond substituents is 1. The lowest BCUT2D eigenvalue weighted by molar-refractivity contribution is 0.412. The van der Waals surface area contributed by atoms with Crippen molar-refractivity contribution in [3.63, 3.8) is 0 Å². The Bertz CT molecular complexity index is 829. The van der Waals surface area contributed by atoms with Crippen molar-refractivity contribution >= 4 is 21.5 Å². The monoisotopic (exact) mass is 279 g/mol. The number of fused-ring (bicyclic) bond motifs is 2. The Hall–Kier alpha value is -2.93. The summed E-state index contributed by atoms with van der Waals surface area (Å²) in [6.07, 6.45) is 0. The van der Waals surface area contributed by atoms with Gasteiger partial charge in [-0.1, -0.05) is 24.3 Å². The molecule has 3 aromatic rings. The van der Waals surface area contributed by atoms with Crippen LogP contribution in [0.4, 0.5) is 0 Å². The quantitative estimate of drug-likeness (QED) is 0.728. The second kappa shape index (κ2) is 4.88. The van der Waals surface area contributed by atoms with Gasteiger partial charge in [-0.25, -0.2) is 0 Å². The molecule has 104 valence electrons. The minimum Gasteiger partial charge on any atom is -0.506 e. The lowest BCUT2D eigenvalue weighted by Crippen LogP contribution is -1.92. The Morgan fingerprint density at radius 2 is 1.38 bits per heavy atom. The fraction of sp³-hybridized carbons (Fsp3) is 0.118. The van der Waals surface area contributed by atoms with Crippen LogP contribution >= 0.6 is 0 Å². The summed E-state index contributed by atoms with van der Waals surface area (Å²) < 4.78 is 10.6. The molecule has 0 radical (unpaired) electrons. The smallest absolute Gasteiger partial charge is 0.138 e. The van der Waals surface area contributed by atoms with E-state index in [1.54, 1.807) is 36.4 Å². The van der Waals surface area contributed by atoms with Crippen LogP contribution in [0.2, 0.25) is 0 Å². The van der Waals surface area contributed by atoms with E-state index in [9.17, 15) is 10.4 Å². The molecular weight excluding hydrogens is 266 g/mol. The summed E-state index contributed by atoms with van der Waals surface area (Å²) in [7, 11) is 3.07. The molecule has 0 aliphatic carbocycles. The number of nitrogens with zero attached hydrogens (tertiary/aromatic N) is 1. The zero-order valence-electron chi connectivity index (χ0n) is 11.7. The SMILES string of the molecule is COc1cccc2c(C#N)c3cccc(OC)c3c(O)c12. The first-order chi connectivity index (χ1) is 10.2. The van der Waals surface area contributed by atoms with Gasteiger partial charge in [0.05, 0.1) is 30.6 Å². The highest BCUT2D eigenvalue weighted by atomic mass is 16.5. The average molecular weight is 279 g/mol. The lowest BCUT2D eigenvalue weighted by Gasteiger charge is -2.14. The number of hydrogen-bond acceptors (Lipinski definition) is 4. The Labute approximate surface area is 121 Å². The largest absolute Gasteiger partial charge is 0.506 e. The summed E-state index contributed by atoms with van der Waals surface area (Å²) in [6.45, 7) is 0. The van der Waals surface area contributed by atoms with Gasteiger partial charge in [-0.15, -0.1) is 0 Å². The van der Waals surface area contributed by atoms with E-state index in [0.717, 1.165) is 0 Å². The topological polar surface area (TPSA) is 62.5 Å². The van der Waals surface area contributed by atoms with Gasteiger partial charge in [0.25, 0.3) is 0 Å². The molecule has 0 bridgehead atoms. The molecule has 0 fully saturated rings. The molecule has 0 aliphatic heterocycles. The van der Waals surface area contributed by atoms with Gasteiger partial charge >= 0.3 is 0 Å². The van der Waals surface area contributed by atoms with Crippen molar-refractivity contribution in [2.24, 2.45) is 0 Å². The maximum absolute atomic E-state index is 10.7. The molecule has 1 N–H and O–H groups in total. The summed E-state index contributed by atoms with van der Waals surface area (Å²) >= 11 is 0. The Morgan fingerprint density at radius 3 is 1.76 bits per heavy atom. The zero-order valence-corrected chi connectivity index (χ0v) is 11.7. The third kappa shape index (κ3) is 1.75. The second-order valence-electron chi connectivity index (χ2n) is 4.60. The maximum Gasteiger partial charge on any atom is 0.138 e. The summed E-state index contributed by atoms with van der Waals surface area (Å²) in [5.41, 5.74) is 0.496. The predicted octanol–water partition coefficient (Wildman–Crippen LogP) is 3.59. The van der Waals surface area contributed by atoms with E-state index in [4.69, 9.17) is 9.47 Å². The summed E-state index contributed by atoms with van der Waals surface area (Å²) in [6, 6.07) is 12.9. The van der Waals surface area contributed by atoms with Crippen LogP contribution < -0.4 is 9.47 Å². The van der Waals surface area contributed by atoms with Gasteiger partial charge in [-0.3, -0.25) is 0 Å². The number of nitriles is 1. The highest BCUT2D eigenvalue weighted by molar-refractivity contribution is 6.13. The maximum atomic E-state index is 10.7. The van der Waals surface area contributed by atoms with Crippen molar-refractivity contribution in [2.75, 3.05) is 14.2 Å². The van der Waals surface area contributed by atoms with E-state index in [-0.39, 0.29) is 5.75 Å². The highest BCUT2D eigenvalue weighted by Gasteiger charge is 2.18. The molecule has 0 atom stereocenters. The van der Waals surface area contributed by atoms with Crippen LogP contribution in [0.3, 0.4) is 0 Å². The number of aromatic hydroxyl groups is 1. The number of rotatable bonds is 2. The van der Waals surface area contributed by atoms with Crippen LogP contribution in [-0.4, -0.2) is 19.3 Å². The van der Waals surface area contributed by atoms with E-state index in [1.807, 2.05) is 0 Å². The van der Waals surface area contributed by atoms with Crippen LogP contribution in [0.5, 0.6) is 17.2 Å². The standard InChI is InChI=1S/C17H13NO3/c1-20-13-7-3-5-10-12(9-18)11-6-4-8-14(21-2)16(11)17(19)15(10)13/h3-8,19H,1-2H3. The molecule has 0 amide bonds. The molecule has 3 aromatic carbocycles. The number of phenols is 1. The molecule has 0 heterocycles. The summed E-state index contributed by atoms with van der Waals surface area (Å²) in [5.74, 6) is 1.11. The van der Waals surface area contributed by atoms with Gasteiger partial charge in [0.15, 0.2) is 0 Å². The van der Waals surface area contributed by atoms with Crippen LogP contribution in [0.1, 0.15) is 5.56 Å². The Balaban J connectivity index is 2.67. The first-order valence-electron chi connectivity index (χ1n) is 6.41. The molecular formula is C17H13NO3. The van der Waals surface area contributed by atoms with E-state index >= 15 is 0 Å². The molecule has 0 saturated carbocycles. The van der Waals surface area contributed by atoms with Gasteiger partial charge in [-0.2, -0.15) is 5.26 Å². The molecule has 4 heteroatoms. The Kier molecular flexibility index (Phi) is 3.03. The lowest BCUT2D eigenvalue weighted by atomic mass is 9.95. The van der Waals surface area contributed by atoms with Gasteiger partial charge in [0.1, 0.15) is 23.3 Å². The zero-order chi connectivity index (χ0) is 15.0. The molecule has 21 heavy (non-hydrogen) atoms. The second-order valence-corrected chi connectivity index (χ2v) is 4.60. The van der Waals surface area contributed by atoms with Crippen LogP contribution in [0.15, 0.2) is 36.4 Å². The minimum absolute atomic E-state index is 0.0638. The normalized spacial score (nSPS) is 10.5. The van der Waals surface area contributed by atoms with Crippen LogP contribution in [0, 0.1) is 11.3 Å². The van der Waals surface area contributed by atoms with Crippen molar-refractivity contribution in [3.05, 3.63) is 42.0 Å². The van der Waals surface area contributed by atoms with Gasteiger partial charge in [0.2, 0.25) is 0 Å². The number of methoxy groups -OCH3 is 2. The van der Waals surface area contributed by atoms with Gasteiger partial charge in [-0.05, 0) is 12.1 Å². The molecule has 4 nitrogen and oxygen atoms in total. The minimum atomic E-state index is 0.0638. The van der Waals surface area contributed by atoms with E-state index in [2.05, 4.69) is 6.07 Å². The summed E-state index contributed by atoms with van der Waals surface area (Å²) in [5, 5.41) is 22.6. The van der Waals surface area contributed by atoms with Crippen LogP contribution in [0.25, 0.3) is 21.5 Å². The fourth-order valence-electron chi connectivity index (χ4n) is 2.70. The molecule has 3 rings (SSSR count). The van der Waals surface area contributed by atoms with E-state index in [1.165, 1.54) is 14.2 Å². The van der Waals surface area contributed by atoms with E-state index in [0.29, 0.717) is 38.6 Å². The molecule has 0 aliphatic rings. The first-order valence-corrected chi connectivity index (χ1v) is 6.41. The van der Waals surface area contributed by atoms with Gasteiger partial charge in [0, 0.05) is 10.8 Å². The van der Waals surface area contributed by atoms with E-state index < -0.39 is 0 Å². The third-order valence-corrected chi connectivity index (χ3v) is 3.62. The van der Waals surface area contributed by atoms with Crippen molar-refractivity contribution in [3.8, 4) is 23.3 Å². The Morgan fingerprint density at radius 1 is 0.905 bits per heavy atom. The fourth-order valence-corrected chi connectivity index (χ4v) is 2.70. The van der Waals surface area contributed by atoms with Crippen molar-refractivity contribution < 1.29 is 14.6 Å². The van der Waals surface area contributed by atoms with Crippen molar-refractivity contribution in [1.82, 2.24) is 0 Å². The molecule has 0 aromatic heterocycles. The van der Waals surface area contributed by atoms with Crippen molar-refractivity contribution in [2.45, 2.75) is 0 Å². The number of ether oxygens (including phenoxy) is 2. The number of benzene rings is 3. The third-order valence-electron chi connectivity index (χ3n) is 3.62. The summed E-state index contributed by atoms with van der Waals surface area (Å²) in [4.78, 5) is 0. The average Bonchev–Trinajstić information content (AvgIpc) is 2.54. The van der Waals surface area contributed by atoms with Gasteiger partial charge < -0.3 is 14.6 Å². The van der Waals surface area contributed by atoms with Crippen molar-refractivity contribution in [1.29, 1.82) is 5.26 Å². The molecule has 0 saturated heterocycles. The van der Waals surface area contributed by atoms with Crippen LogP contribution in [-0.2, 0) is 0 Å². The predicted molar refractivity (Wildman–Crippen MR) is 80.9 cm³/mol. The molecule has 0 spiro atoms. The number of hydrogen-bond donors (Lipinski definition) is 1. The first kappa shape index (κ1) is 13.1.